The molecule has 122 valence electrons. The molecular weight excluding hydrogens is 380 g/mol. The Hall–Kier alpha value is -1.70. The van der Waals surface area contributed by atoms with Crippen molar-refractivity contribution in [3.63, 3.8) is 0 Å². The fraction of sp³-hybridized carbons (Fsp3) is 0.188. The van der Waals surface area contributed by atoms with Gasteiger partial charge in [-0.15, -0.1) is 0 Å². The molecule has 0 spiro atoms. The van der Waals surface area contributed by atoms with Crippen LogP contribution in [-0.4, -0.2) is 20.9 Å². The topological polar surface area (TPSA) is 89.3 Å². The van der Waals surface area contributed by atoms with Gasteiger partial charge in [-0.25, -0.2) is 13.6 Å². The van der Waals surface area contributed by atoms with Crippen LogP contribution in [0.15, 0.2) is 57.9 Å². The number of sulfonamides is 1. The first-order valence-corrected chi connectivity index (χ1v) is 9.31. The molecule has 0 radical (unpaired) electrons. The number of hydrogen-bond donors (Lipinski definition) is 2. The Morgan fingerprint density at radius 1 is 1.00 bits per heavy atom. The van der Waals surface area contributed by atoms with Crippen molar-refractivity contribution in [1.29, 1.82) is 0 Å². The van der Waals surface area contributed by atoms with Crippen LogP contribution >= 0.6 is 15.9 Å². The summed E-state index contributed by atoms with van der Waals surface area (Å²) in [5, 5.41) is 7.89. The number of nitrogens with one attached hydrogen (secondary N) is 1. The summed E-state index contributed by atoms with van der Waals surface area (Å²) in [4.78, 5) is 11.9. The van der Waals surface area contributed by atoms with Crippen LogP contribution in [0.4, 0.5) is 0 Å². The Morgan fingerprint density at radius 2 is 1.57 bits per heavy atom. The van der Waals surface area contributed by atoms with Crippen LogP contribution in [0.3, 0.4) is 0 Å². The summed E-state index contributed by atoms with van der Waals surface area (Å²) in [5.74, 6) is -0.0477. The maximum atomic E-state index is 11.9. The predicted octanol–water partition coefficient (Wildman–Crippen LogP) is 2.00. The summed E-state index contributed by atoms with van der Waals surface area (Å²) in [6.07, 6.45) is 0.953. The van der Waals surface area contributed by atoms with E-state index in [1.54, 1.807) is 12.1 Å². The van der Waals surface area contributed by atoms with Gasteiger partial charge in [0.05, 0.1) is 11.3 Å². The molecule has 23 heavy (non-hydrogen) atoms. The zero-order valence-corrected chi connectivity index (χ0v) is 14.7. The highest BCUT2D eigenvalue weighted by molar-refractivity contribution is 9.10. The molecule has 0 fully saturated rings. The van der Waals surface area contributed by atoms with Crippen molar-refractivity contribution in [2.24, 2.45) is 5.14 Å². The number of benzene rings is 2. The Balaban J connectivity index is 1.80. The monoisotopic (exact) mass is 396 g/mol. The quantitative estimate of drug-likeness (QED) is 0.782. The van der Waals surface area contributed by atoms with E-state index < -0.39 is 10.0 Å². The zero-order valence-electron chi connectivity index (χ0n) is 12.3. The minimum atomic E-state index is -3.66. The molecule has 2 aromatic carbocycles. The number of primary sulfonamides is 1. The van der Waals surface area contributed by atoms with E-state index in [9.17, 15) is 13.2 Å². The fourth-order valence-electron chi connectivity index (χ4n) is 2.04. The molecule has 5 nitrogen and oxygen atoms in total. The molecule has 0 heterocycles. The number of nitrogens with two attached hydrogens (primary N) is 1. The van der Waals surface area contributed by atoms with Crippen molar-refractivity contribution in [2.45, 2.75) is 17.7 Å². The summed E-state index contributed by atoms with van der Waals surface area (Å²) < 4.78 is 23.3. The van der Waals surface area contributed by atoms with E-state index in [1.807, 2.05) is 24.3 Å². The van der Waals surface area contributed by atoms with Gasteiger partial charge < -0.3 is 5.32 Å². The first-order chi connectivity index (χ1) is 10.8. The highest BCUT2D eigenvalue weighted by Gasteiger charge is 2.07. The van der Waals surface area contributed by atoms with E-state index in [0.29, 0.717) is 19.4 Å². The highest BCUT2D eigenvalue weighted by atomic mass is 79.9. The van der Waals surface area contributed by atoms with Gasteiger partial charge >= 0.3 is 0 Å². The third kappa shape index (κ3) is 5.78. The van der Waals surface area contributed by atoms with Crippen LogP contribution in [0.1, 0.15) is 11.1 Å². The van der Waals surface area contributed by atoms with Gasteiger partial charge in [-0.3, -0.25) is 4.79 Å². The molecule has 0 unspecified atom stereocenters. The van der Waals surface area contributed by atoms with E-state index in [4.69, 9.17) is 5.14 Å². The molecule has 3 N–H and O–H groups in total. The third-order valence-electron chi connectivity index (χ3n) is 3.27. The standard InChI is InChI=1S/C16H17BrN2O3S/c17-14-5-1-13(2-6-14)11-16(20)19-10-9-12-3-7-15(8-4-12)23(18,21)22/h1-8H,9-11H2,(H,19,20)(H2,18,21,22). The van der Waals surface area contributed by atoms with E-state index in [2.05, 4.69) is 21.2 Å². The van der Waals surface area contributed by atoms with Gasteiger partial charge in [0.2, 0.25) is 15.9 Å². The Labute approximate surface area is 144 Å². The van der Waals surface area contributed by atoms with Crippen molar-refractivity contribution in [3.8, 4) is 0 Å². The van der Waals surface area contributed by atoms with Crippen molar-refractivity contribution in [1.82, 2.24) is 5.32 Å². The number of hydrogen-bond acceptors (Lipinski definition) is 3. The Kier molecular flexibility index (Phi) is 5.92. The smallest absolute Gasteiger partial charge is 0.238 e. The first kappa shape index (κ1) is 17.7. The van der Waals surface area contributed by atoms with E-state index in [-0.39, 0.29) is 10.8 Å². The Bertz CT molecular complexity index is 772. The van der Waals surface area contributed by atoms with Crippen molar-refractivity contribution in [3.05, 3.63) is 64.1 Å². The number of rotatable bonds is 6. The number of amides is 1. The fourth-order valence-corrected chi connectivity index (χ4v) is 2.82. The van der Waals surface area contributed by atoms with Crippen LogP contribution < -0.4 is 10.5 Å². The van der Waals surface area contributed by atoms with Crippen molar-refractivity contribution < 1.29 is 13.2 Å². The second-order valence-electron chi connectivity index (χ2n) is 5.09. The molecule has 0 aliphatic carbocycles. The lowest BCUT2D eigenvalue weighted by atomic mass is 10.1. The maximum absolute atomic E-state index is 11.9. The summed E-state index contributed by atoms with van der Waals surface area (Å²) in [7, 11) is -3.66. The molecule has 0 bridgehead atoms. The Morgan fingerprint density at radius 3 is 2.13 bits per heavy atom. The van der Waals surface area contributed by atoms with Crippen LogP contribution in [0.25, 0.3) is 0 Å². The summed E-state index contributed by atoms with van der Waals surface area (Å²) >= 11 is 3.35. The lowest BCUT2D eigenvalue weighted by Crippen LogP contribution is -2.27. The largest absolute Gasteiger partial charge is 0.355 e. The van der Waals surface area contributed by atoms with Gasteiger partial charge in [0, 0.05) is 11.0 Å². The molecule has 0 aliphatic rings. The van der Waals surface area contributed by atoms with Crippen LogP contribution in [0.2, 0.25) is 0 Å². The van der Waals surface area contributed by atoms with Gasteiger partial charge in [0.25, 0.3) is 0 Å². The van der Waals surface area contributed by atoms with Gasteiger partial charge in [-0.05, 0) is 41.8 Å². The van der Waals surface area contributed by atoms with Gasteiger partial charge in [0.15, 0.2) is 0 Å². The SMILES string of the molecule is NS(=O)(=O)c1ccc(CCNC(=O)Cc2ccc(Br)cc2)cc1. The predicted molar refractivity (Wildman–Crippen MR) is 92.4 cm³/mol. The minimum Gasteiger partial charge on any atom is -0.355 e. The molecule has 0 aliphatic heterocycles. The van der Waals surface area contributed by atoms with Gasteiger partial charge in [0.1, 0.15) is 0 Å². The van der Waals surface area contributed by atoms with E-state index >= 15 is 0 Å². The zero-order chi connectivity index (χ0) is 16.9. The lowest BCUT2D eigenvalue weighted by molar-refractivity contribution is -0.120. The lowest BCUT2D eigenvalue weighted by Gasteiger charge is -2.06. The summed E-state index contributed by atoms with van der Waals surface area (Å²) in [6.45, 7) is 0.490. The minimum absolute atomic E-state index is 0.0477. The average Bonchev–Trinajstić information content (AvgIpc) is 2.49. The summed E-state index contributed by atoms with van der Waals surface area (Å²) in [5.41, 5.74) is 1.88. The molecule has 1 amide bonds. The molecule has 0 atom stereocenters. The van der Waals surface area contributed by atoms with Crippen LogP contribution in [0, 0.1) is 0 Å². The van der Waals surface area contributed by atoms with Crippen LogP contribution in [-0.2, 0) is 27.7 Å². The van der Waals surface area contributed by atoms with E-state index in [1.165, 1.54) is 12.1 Å². The third-order valence-corrected chi connectivity index (χ3v) is 4.72. The number of halogens is 1. The van der Waals surface area contributed by atoms with Gasteiger partial charge in [-0.2, -0.15) is 0 Å². The van der Waals surface area contributed by atoms with Gasteiger partial charge in [-0.1, -0.05) is 40.2 Å². The molecule has 0 saturated heterocycles. The van der Waals surface area contributed by atoms with E-state index in [0.717, 1.165) is 15.6 Å². The molecule has 0 aromatic heterocycles. The number of carbonyl (C=O) groups excluding carboxylic acids is 1. The normalized spacial score (nSPS) is 11.2. The van der Waals surface area contributed by atoms with Crippen molar-refractivity contribution >= 4 is 31.9 Å². The van der Waals surface area contributed by atoms with Crippen LogP contribution in [0.5, 0.6) is 0 Å². The number of carbonyl (C=O) groups is 1. The molecule has 2 rings (SSSR count). The average molecular weight is 397 g/mol. The second kappa shape index (κ2) is 7.72. The molecule has 0 saturated carbocycles. The second-order valence-corrected chi connectivity index (χ2v) is 7.57. The molecular formula is C16H17BrN2O3S. The first-order valence-electron chi connectivity index (χ1n) is 6.97. The molecule has 7 heteroatoms. The van der Waals surface area contributed by atoms with Crippen molar-refractivity contribution in [2.75, 3.05) is 6.54 Å². The summed E-state index contributed by atoms with van der Waals surface area (Å²) in [6, 6.07) is 13.9. The highest BCUT2D eigenvalue weighted by Crippen LogP contribution is 2.11. The molecule has 2 aromatic rings. The maximum Gasteiger partial charge on any atom is 0.238 e.